The van der Waals surface area contributed by atoms with Crippen LogP contribution in [-0.2, 0) is 21.7 Å². The number of benzene rings is 1. The van der Waals surface area contributed by atoms with Crippen molar-refractivity contribution in [2.75, 3.05) is 4.90 Å². The average Bonchev–Trinajstić information content (AvgIpc) is 3.25. The Morgan fingerprint density at radius 1 is 0.737 bits per heavy atom. The molecule has 4 aliphatic rings. The first kappa shape index (κ1) is 35.7. The number of rotatable bonds is 5. The van der Waals surface area contributed by atoms with E-state index in [0.29, 0.717) is 5.41 Å². The molecule has 0 N–H and O–H groups in total. The van der Waals surface area contributed by atoms with E-state index in [2.05, 4.69) is 83.7 Å². The first-order valence-corrected chi connectivity index (χ1v) is 14.6. The van der Waals surface area contributed by atoms with Gasteiger partial charge in [0, 0.05) is 17.8 Å². The number of fused-ring (bicyclic) bond motifs is 5. The maximum atomic E-state index is 5.78. The Morgan fingerprint density at radius 2 is 1.26 bits per heavy atom. The summed E-state index contributed by atoms with van der Waals surface area (Å²) >= 11 is 0. The van der Waals surface area contributed by atoms with Gasteiger partial charge in [0.25, 0.3) is 0 Å². The molecule has 38 heavy (non-hydrogen) atoms. The molecular formula is C35H60N2Ti. The van der Waals surface area contributed by atoms with Crippen molar-refractivity contribution in [2.45, 2.75) is 129 Å². The number of anilines is 1. The molecule has 3 saturated carbocycles. The maximum absolute atomic E-state index is 5.78. The van der Waals surface area contributed by atoms with Gasteiger partial charge in [-0.1, -0.05) is 98.8 Å². The third-order valence-electron chi connectivity index (χ3n) is 9.96. The predicted octanol–water partition coefficient (Wildman–Crippen LogP) is 10.2. The molecule has 3 heteroatoms. The van der Waals surface area contributed by atoms with E-state index in [1.165, 1.54) is 57.1 Å². The minimum absolute atomic E-state index is 0. The van der Waals surface area contributed by atoms with E-state index in [1.807, 2.05) is 0 Å². The van der Waals surface area contributed by atoms with Gasteiger partial charge in [0.15, 0.2) is 0 Å². The van der Waals surface area contributed by atoms with Gasteiger partial charge >= 0.3 is 21.7 Å². The minimum Gasteiger partial charge on any atom is -0.652 e. The van der Waals surface area contributed by atoms with Gasteiger partial charge in [0.1, 0.15) is 0 Å². The monoisotopic (exact) mass is 556 g/mol. The summed E-state index contributed by atoms with van der Waals surface area (Å²) in [7, 11) is 0. The number of nitrogens with zero attached hydrogens (tertiary/aromatic N) is 2. The summed E-state index contributed by atoms with van der Waals surface area (Å²) in [5.41, 5.74) is 1.86. The van der Waals surface area contributed by atoms with Crippen LogP contribution in [0.5, 0.6) is 0 Å². The van der Waals surface area contributed by atoms with Crippen molar-refractivity contribution in [1.82, 2.24) is 0 Å². The van der Waals surface area contributed by atoms with Crippen molar-refractivity contribution in [2.24, 2.45) is 35.0 Å². The Kier molecular flexibility index (Phi) is 12.3. The van der Waals surface area contributed by atoms with Crippen molar-refractivity contribution in [3.05, 3.63) is 57.9 Å². The van der Waals surface area contributed by atoms with E-state index < -0.39 is 0 Å². The molecule has 1 aromatic rings. The van der Waals surface area contributed by atoms with Gasteiger partial charge < -0.3 is 32.5 Å². The molecule has 3 aliphatic carbocycles. The van der Waals surface area contributed by atoms with Crippen LogP contribution in [-0.4, -0.2) is 23.2 Å². The SMILES string of the molecule is CC(C)(C)CC(C)(C)[N-]C(C)(C)C1C2CCCCC2C2C1C1CCCCC1N2c1ccccc1.[CH3-].[CH3-].[CH3-].[Ti+4]. The molecule has 0 bridgehead atoms. The van der Waals surface area contributed by atoms with Crippen LogP contribution in [0.3, 0.4) is 0 Å². The normalized spacial score (nSPS) is 32.4. The molecule has 7 unspecified atom stereocenters. The maximum Gasteiger partial charge on any atom is 4.00 e. The first-order chi connectivity index (χ1) is 16.0. The second-order valence-electron chi connectivity index (χ2n) is 14.8. The van der Waals surface area contributed by atoms with Crippen LogP contribution >= 0.6 is 0 Å². The molecule has 214 valence electrons. The van der Waals surface area contributed by atoms with Crippen LogP contribution in [0.15, 0.2) is 30.3 Å². The van der Waals surface area contributed by atoms with E-state index in [-0.39, 0.29) is 55.1 Å². The van der Waals surface area contributed by atoms with Crippen molar-refractivity contribution in [3.8, 4) is 0 Å². The van der Waals surface area contributed by atoms with E-state index in [4.69, 9.17) is 5.32 Å². The Morgan fingerprint density at radius 3 is 1.84 bits per heavy atom. The summed E-state index contributed by atoms with van der Waals surface area (Å²) in [6.07, 6.45) is 12.6. The van der Waals surface area contributed by atoms with Gasteiger partial charge in [0.2, 0.25) is 0 Å². The number of hydrogen-bond acceptors (Lipinski definition) is 1. The van der Waals surface area contributed by atoms with Crippen LogP contribution < -0.4 is 4.90 Å². The van der Waals surface area contributed by atoms with Gasteiger partial charge in [-0.15, -0.1) is 11.1 Å². The van der Waals surface area contributed by atoms with Crippen molar-refractivity contribution >= 4 is 5.69 Å². The third kappa shape index (κ3) is 6.76. The standard InChI is InChI=1S/C32H51N2.3CH3.Ti/c1-30(2,3)21-31(4,5)33-32(6,7)28-23-17-11-12-18-24(23)29-27(28)25-19-13-14-20-26(25)34(29)22-15-9-8-10-16-22;;;;/h8-10,15-16,23-29H,11-14,17-21H2,1-7H3;3*1H3;/q4*-1;+4. The molecule has 1 heterocycles. The molecule has 0 amide bonds. The fraction of sp³-hybridized carbons (Fsp3) is 0.743. The van der Waals surface area contributed by atoms with Crippen molar-refractivity contribution < 1.29 is 21.7 Å². The van der Waals surface area contributed by atoms with Gasteiger partial charge in [-0.2, -0.15) is 0 Å². The zero-order chi connectivity index (χ0) is 24.3. The smallest absolute Gasteiger partial charge is 0.652 e. The predicted molar refractivity (Wildman–Crippen MR) is 166 cm³/mol. The molecule has 5 rings (SSSR count). The average molecular weight is 557 g/mol. The number of para-hydroxylation sites is 1. The Bertz CT molecular complexity index is 839. The Hall–Kier alpha value is -0.306. The van der Waals surface area contributed by atoms with E-state index in [9.17, 15) is 0 Å². The van der Waals surface area contributed by atoms with Gasteiger partial charge in [-0.25, -0.2) is 0 Å². The van der Waals surface area contributed by atoms with E-state index in [1.54, 1.807) is 0 Å². The molecule has 4 fully saturated rings. The molecular weight excluding hydrogens is 496 g/mol. The summed E-state index contributed by atoms with van der Waals surface area (Å²) in [6, 6.07) is 13.0. The zero-order valence-electron chi connectivity index (χ0n) is 26.7. The van der Waals surface area contributed by atoms with Crippen molar-refractivity contribution in [3.63, 3.8) is 0 Å². The molecule has 0 spiro atoms. The zero-order valence-corrected chi connectivity index (χ0v) is 28.2. The largest absolute Gasteiger partial charge is 4.00 e. The van der Waals surface area contributed by atoms with Crippen molar-refractivity contribution in [1.29, 1.82) is 0 Å². The topological polar surface area (TPSA) is 17.3 Å². The number of hydrogen-bond donors (Lipinski definition) is 0. The molecule has 1 aromatic carbocycles. The van der Waals surface area contributed by atoms with Gasteiger partial charge in [0.05, 0.1) is 0 Å². The van der Waals surface area contributed by atoms with Gasteiger partial charge in [-0.05, 0) is 72.8 Å². The summed E-state index contributed by atoms with van der Waals surface area (Å²) in [4.78, 5) is 2.98. The second kappa shape index (κ2) is 13.1. The fourth-order valence-corrected chi connectivity index (χ4v) is 10.1. The second-order valence-corrected chi connectivity index (χ2v) is 14.8. The van der Waals surface area contributed by atoms with Gasteiger partial charge in [-0.3, -0.25) is 0 Å². The van der Waals surface area contributed by atoms with E-state index in [0.717, 1.165) is 48.1 Å². The van der Waals surface area contributed by atoms with Crippen LogP contribution in [0.2, 0.25) is 0 Å². The third-order valence-corrected chi connectivity index (χ3v) is 9.96. The molecule has 0 radical (unpaired) electrons. The first-order valence-electron chi connectivity index (χ1n) is 14.6. The summed E-state index contributed by atoms with van der Waals surface area (Å²) < 4.78 is 0. The molecule has 1 aliphatic heterocycles. The van der Waals surface area contributed by atoms with Crippen LogP contribution in [0.4, 0.5) is 5.69 Å². The van der Waals surface area contributed by atoms with E-state index >= 15 is 0 Å². The molecule has 0 aromatic heterocycles. The summed E-state index contributed by atoms with van der Waals surface area (Å²) in [6.45, 7) is 17.0. The van der Waals surface area contributed by atoms with Crippen LogP contribution in [0.1, 0.15) is 106 Å². The van der Waals surface area contributed by atoms with Crippen LogP contribution in [0, 0.1) is 57.3 Å². The molecule has 1 saturated heterocycles. The molecule has 7 atom stereocenters. The Balaban J connectivity index is 0.00000180. The summed E-state index contributed by atoms with van der Waals surface area (Å²) in [5, 5.41) is 5.78. The summed E-state index contributed by atoms with van der Waals surface area (Å²) in [5.74, 6) is 4.09. The quantitative estimate of drug-likeness (QED) is 0.260. The Labute approximate surface area is 253 Å². The minimum atomic E-state index is 0. The van der Waals surface area contributed by atoms with Crippen LogP contribution in [0.25, 0.3) is 5.32 Å². The molecule has 2 nitrogen and oxygen atoms in total. The fourth-order valence-electron chi connectivity index (χ4n) is 10.1.